The molecule has 2 N–H and O–H groups in total. The first-order valence-corrected chi connectivity index (χ1v) is 13.3. The van der Waals surface area contributed by atoms with Crippen LogP contribution in [0.4, 0.5) is 11.6 Å². The number of rotatable bonds is 9. The number of ether oxygens (including phenoxy) is 1. The summed E-state index contributed by atoms with van der Waals surface area (Å²) < 4.78 is 13.0. The zero-order chi connectivity index (χ0) is 27.8. The largest absolute Gasteiger partial charge is 0.478 e. The third-order valence-electron chi connectivity index (χ3n) is 6.40. The molecule has 1 amide bonds. The molecule has 1 aliphatic rings. The summed E-state index contributed by atoms with van der Waals surface area (Å²) in [6.07, 6.45) is 3.44. The second-order valence-corrected chi connectivity index (χ2v) is 10.4. The molecule has 39 heavy (non-hydrogen) atoms. The molecule has 4 aromatic rings. The number of carbonyl (C=O) groups excluding carboxylic acids is 1. The first-order chi connectivity index (χ1) is 18.7. The number of fused-ring (bicyclic) bond motifs is 1. The van der Waals surface area contributed by atoms with Crippen molar-refractivity contribution in [3.63, 3.8) is 0 Å². The molecule has 0 spiro atoms. The zero-order valence-corrected chi connectivity index (χ0v) is 22.7. The maximum absolute atomic E-state index is 13.0. The molecule has 4 aromatic heterocycles. The summed E-state index contributed by atoms with van der Waals surface area (Å²) in [5, 5.41) is 17.5. The summed E-state index contributed by atoms with van der Waals surface area (Å²) in [5.41, 5.74) is -0.130. The molecule has 13 nitrogen and oxygen atoms in total. The topological polar surface area (TPSA) is 157 Å². The third kappa shape index (κ3) is 4.94. The molecule has 0 aliphatic carbocycles. The summed E-state index contributed by atoms with van der Waals surface area (Å²) in [7, 11) is 0. The Hall–Kier alpha value is -4.33. The van der Waals surface area contributed by atoms with Gasteiger partial charge in [-0.3, -0.25) is 14.2 Å². The smallest absolute Gasteiger partial charge is 0.341 e. The second kappa shape index (κ2) is 10.4. The average Bonchev–Trinajstić information content (AvgIpc) is 3.52. The molecule has 5 heterocycles. The van der Waals surface area contributed by atoms with Crippen molar-refractivity contribution < 1.29 is 19.4 Å². The number of anilines is 2. The van der Waals surface area contributed by atoms with Crippen molar-refractivity contribution in [2.45, 2.75) is 40.2 Å². The maximum Gasteiger partial charge on any atom is 0.341 e. The third-order valence-corrected chi connectivity index (χ3v) is 7.07. The van der Waals surface area contributed by atoms with Crippen LogP contribution in [0.15, 0.2) is 29.5 Å². The molecule has 0 bridgehead atoms. The van der Waals surface area contributed by atoms with E-state index < -0.39 is 11.4 Å². The lowest BCUT2D eigenvalue weighted by Gasteiger charge is -2.39. The number of aromatic nitrogens is 6. The predicted octanol–water partition coefficient (Wildman–Crippen LogP) is 2.88. The van der Waals surface area contributed by atoms with Gasteiger partial charge < -0.3 is 20.1 Å². The predicted molar refractivity (Wildman–Crippen MR) is 145 cm³/mol. The fourth-order valence-corrected chi connectivity index (χ4v) is 4.90. The van der Waals surface area contributed by atoms with E-state index in [9.17, 15) is 19.5 Å². The highest BCUT2D eigenvalue weighted by Crippen LogP contribution is 2.29. The van der Waals surface area contributed by atoms with Crippen molar-refractivity contribution >= 4 is 46.1 Å². The Balaban J connectivity index is 1.37. The van der Waals surface area contributed by atoms with Crippen LogP contribution < -0.4 is 20.4 Å². The fourth-order valence-electron chi connectivity index (χ4n) is 4.39. The van der Waals surface area contributed by atoms with Gasteiger partial charge in [-0.1, -0.05) is 6.92 Å². The molecule has 1 fully saturated rings. The molecule has 1 saturated heterocycles. The Morgan fingerprint density at radius 1 is 1.28 bits per heavy atom. The summed E-state index contributed by atoms with van der Waals surface area (Å²) in [6, 6.07) is 3.54. The highest BCUT2D eigenvalue weighted by molar-refractivity contribution is 7.08. The van der Waals surface area contributed by atoms with E-state index in [-0.39, 0.29) is 34.5 Å². The number of pyridine rings is 2. The van der Waals surface area contributed by atoms with Crippen LogP contribution in [-0.2, 0) is 4.79 Å². The zero-order valence-electron chi connectivity index (χ0n) is 21.9. The molecule has 0 unspecified atom stereocenters. The van der Waals surface area contributed by atoms with Crippen LogP contribution in [0.1, 0.15) is 49.2 Å². The molecular formula is C25H28N8O5S. The van der Waals surface area contributed by atoms with Crippen LogP contribution in [0.5, 0.6) is 5.88 Å². The summed E-state index contributed by atoms with van der Waals surface area (Å²) >= 11 is 1.05. The Morgan fingerprint density at radius 2 is 2.05 bits per heavy atom. The molecule has 0 saturated carbocycles. The molecule has 0 aromatic carbocycles. The van der Waals surface area contributed by atoms with Crippen molar-refractivity contribution in [1.82, 2.24) is 28.7 Å². The van der Waals surface area contributed by atoms with Crippen molar-refractivity contribution in [2.75, 3.05) is 29.9 Å². The number of amides is 1. The van der Waals surface area contributed by atoms with Crippen LogP contribution in [0.25, 0.3) is 16.2 Å². The lowest BCUT2D eigenvalue weighted by atomic mass is 9.98. The van der Waals surface area contributed by atoms with E-state index in [1.807, 2.05) is 25.7 Å². The lowest BCUT2D eigenvalue weighted by Crippen LogP contribution is -2.52. The van der Waals surface area contributed by atoms with Crippen LogP contribution in [-0.4, -0.2) is 65.4 Å². The van der Waals surface area contributed by atoms with Crippen molar-refractivity contribution in [3.05, 3.63) is 46.0 Å². The van der Waals surface area contributed by atoms with Gasteiger partial charge in [0, 0.05) is 36.9 Å². The molecular weight excluding hydrogens is 524 g/mol. The first kappa shape index (κ1) is 26.3. The van der Waals surface area contributed by atoms with Crippen LogP contribution >= 0.6 is 11.5 Å². The van der Waals surface area contributed by atoms with Crippen LogP contribution in [0.2, 0.25) is 0 Å². The van der Waals surface area contributed by atoms with E-state index >= 15 is 0 Å². The van der Waals surface area contributed by atoms with Crippen molar-refractivity contribution in [1.29, 1.82) is 0 Å². The summed E-state index contributed by atoms with van der Waals surface area (Å²) in [4.78, 5) is 48.4. The number of hydrogen-bond donors (Lipinski definition) is 2. The van der Waals surface area contributed by atoms with Gasteiger partial charge in [0.05, 0.1) is 24.0 Å². The highest BCUT2D eigenvalue weighted by atomic mass is 32.1. The number of carboxylic acid groups (broad SMARTS) is 1. The minimum atomic E-state index is -1.33. The molecule has 0 atom stereocenters. The van der Waals surface area contributed by atoms with E-state index in [1.54, 1.807) is 23.7 Å². The fraction of sp³-hybridized carbons (Fsp3) is 0.400. The van der Waals surface area contributed by atoms with Crippen LogP contribution in [0.3, 0.4) is 0 Å². The standard InChI is InChI=1S/C25H28N8O5S/c1-5-6-38-19-8-17(30-33(19)13(2)3)28-23(35)15-9-31(10-15)18-7-14(4)20-21(34)16(24(36)37)11-32(22(20)29-18)25-26-12-27-39-25/h7-8,11-13,15H,5-6,9-10H2,1-4H3,(H,36,37)(H,28,30,35). The van der Waals surface area contributed by atoms with Gasteiger partial charge in [-0.05, 0) is 38.8 Å². The number of aromatic carboxylic acids is 1. The van der Waals surface area contributed by atoms with E-state index in [4.69, 9.17) is 4.74 Å². The van der Waals surface area contributed by atoms with Gasteiger partial charge in [0.1, 0.15) is 17.7 Å². The van der Waals surface area contributed by atoms with Gasteiger partial charge in [0.25, 0.3) is 0 Å². The normalized spacial score (nSPS) is 13.6. The van der Waals surface area contributed by atoms with Gasteiger partial charge in [-0.2, -0.15) is 9.47 Å². The number of nitrogens with zero attached hydrogens (tertiary/aromatic N) is 7. The van der Waals surface area contributed by atoms with Gasteiger partial charge >= 0.3 is 5.97 Å². The number of carboxylic acids is 1. The number of hydrogen-bond acceptors (Lipinski definition) is 10. The van der Waals surface area contributed by atoms with Crippen LogP contribution in [0, 0.1) is 12.8 Å². The molecule has 0 radical (unpaired) electrons. The molecule has 204 valence electrons. The van der Waals surface area contributed by atoms with Gasteiger partial charge in [-0.15, -0.1) is 0 Å². The van der Waals surface area contributed by atoms with Crippen molar-refractivity contribution in [2.24, 2.45) is 5.92 Å². The monoisotopic (exact) mass is 552 g/mol. The van der Waals surface area contributed by atoms with Crippen molar-refractivity contribution in [3.8, 4) is 11.0 Å². The summed E-state index contributed by atoms with van der Waals surface area (Å²) in [6.45, 7) is 9.15. The minimum Gasteiger partial charge on any atom is -0.478 e. The second-order valence-electron chi connectivity index (χ2n) is 9.61. The molecule has 1 aliphatic heterocycles. The van der Waals surface area contributed by atoms with Gasteiger partial charge in [0.15, 0.2) is 11.5 Å². The van der Waals surface area contributed by atoms with E-state index in [0.717, 1.165) is 18.0 Å². The maximum atomic E-state index is 13.0. The average molecular weight is 553 g/mol. The Kier molecular flexibility index (Phi) is 7.04. The minimum absolute atomic E-state index is 0.0769. The lowest BCUT2D eigenvalue weighted by molar-refractivity contribution is -0.120. The Labute approximate surface area is 227 Å². The van der Waals surface area contributed by atoms with Gasteiger partial charge in [-0.25, -0.2) is 19.4 Å². The SMILES string of the molecule is CCCOc1cc(NC(=O)C2CN(c3cc(C)c4c(=O)c(C(=O)O)cn(-c5ncns5)c4n3)C2)nn1C(C)C. The van der Waals surface area contributed by atoms with E-state index in [2.05, 4.69) is 24.8 Å². The quantitative estimate of drug-likeness (QED) is 0.316. The number of carbonyl (C=O) groups is 2. The number of aryl methyl sites for hydroxylation is 1. The van der Waals surface area contributed by atoms with E-state index in [1.165, 1.54) is 17.1 Å². The summed E-state index contributed by atoms with van der Waals surface area (Å²) in [5.74, 6) is -0.150. The first-order valence-electron chi connectivity index (χ1n) is 12.5. The number of nitrogens with one attached hydrogen (secondary N) is 1. The highest BCUT2D eigenvalue weighted by Gasteiger charge is 2.35. The van der Waals surface area contributed by atoms with Gasteiger partial charge in [0.2, 0.25) is 22.3 Å². The molecule has 14 heteroatoms. The Bertz CT molecular complexity index is 1600. The Morgan fingerprint density at radius 3 is 2.69 bits per heavy atom. The van der Waals surface area contributed by atoms with E-state index in [0.29, 0.717) is 47.9 Å². The molecule has 5 rings (SSSR count).